The number of benzene rings is 2. The maximum atomic E-state index is 13.4. The van der Waals surface area contributed by atoms with Gasteiger partial charge < -0.3 is 10.4 Å². The second-order valence-corrected chi connectivity index (χ2v) is 4.91. The van der Waals surface area contributed by atoms with Gasteiger partial charge in [-0.15, -0.1) is 0 Å². The van der Waals surface area contributed by atoms with Crippen LogP contribution in [0.1, 0.15) is 10.4 Å². The smallest absolute Gasteiger partial charge is 0.255 e. The lowest BCUT2D eigenvalue weighted by atomic mass is 10.2. The van der Waals surface area contributed by atoms with Crippen LogP contribution in [0.25, 0.3) is 0 Å². The van der Waals surface area contributed by atoms with E-state index in [0.717, 1.165) is 18.2 Å². The number of halogens is 3. The van der Waals surface area contributed by atoms with E-state index in [4.69, 9.17) is 0 Å². The maximum absolute atomic E-state index is 13.4. The first kappa shape index (κ1) is 13.7. The van der Waals surface area contributed by atoms with Crippen LogP contribution in [0, 0.1) is 15.2 Å². The van der Waals surface area contributed by atoms with Gasteiger partial charge >= 0.3 is 0 Å². The highest BCUT2D eigenvalue weighted by atomic mass is 127. The summed E-state index contributed by atoms with van der Waals surface area (Å²) in [5.74, 6) is -2.06. The van der Waals surface area contributed by atoms with Gasteiger partial charge in [0.05, 0.1) is 9.26 Å². The minimum Gasteiger partial charge on any atom is -0.507 e. The average Bonchev–Trinajstić information content (AvgIpc) is 2.37. The molecule has 0 bridgehead atoms. The lowest BCUT2D eigenvalue weighted by Crippen LogP contribution is -2.13. The van der Waals surface area contributed by atoms with Crippen LogP contribution in [0.5, 0.6) is 5.75 Å². The van der Waals surface area contributed by atoms with Gasteiger partial charge in [-0.1, -0.05) is 0 Å². The zero-order valence-electron chi connectivity index (χ0n) is 9.45. The van der Waals surface area contributed by atoms with Crippen molar-refractivity contribution >= 4 is 34.2 Å². The van der Waals surface area contributed by atoms with E-state index >= 15 is 0 Å². The summed E-state index contributed by atoms with van der Waals surface area (Å²) >= 11 is 1.91. The molecule has 0 fully saturated rings. The van der Waals surface area contributed by atoms with Gasteiger partial charge in [-0.3, -0.25) is 4.79 Å². The van der Waals surface area contributed by atoms with Crippen molar-refractivity contribution in [2.24, 2.45) is 0 Å². The molecule has 0 saturated heterocycles. The van der Waals surface area contributed by atoms with E-state index in [1.807, 2.05) is 22.6 Å². The van der Waals surface area contributed by atoms with Crippen LogP contribution in [0.3, 0.4) is 0 Å². The van der Waals surface area contributed by atoms with Crippen molar-refractivity contribution in [2.45, 2.75) is 0 Å². The fourth-order valence-corrected chi connectivity index (χ4v) is 1.78. The van der Waals surface area contributed by atoms with Crippen molar-refractivity contribution in [3.05, 3.63) is 57.2 Å². The van der Waals surface area contributed by atoms with Crippen molar-refractivity contribution in [1.29, 1.82) is 0 Å². The molecule has 98 valence electrons. The highest BCUT2D eigenvalue weighted by molar-refractivity contribution is 14.1. The Morgan fingerprint density at radius 2 is 1.89 bits per heavy atom. The fourth-order valence-electron chi connectivity index (χ4n) is 1.44. The average molecular weight is 375 g/mol. The van der Waals surface area contributed by atoms with Gasteiger partial charge in [-0.2, -0.15) is 0 Å². The molecule has 2 N–H and O–H groups in total. The largest absolute Gasteiger partial charge is 0.507 e. The zero-order chi connectivity index (χ0) is 14.0. The standard InChI is InChI=1S/C13H8F2INO2/c14-8-2-3-9(15)11(6-8)17-13(19)7-1-4-10(16)12(18)5-7/h1-6,18H,(H,17,19). The number of aromatic hydroxyl groups is 1. The summed E-state index contributed by atoms with van der Waals surface area (Å²) in [6.07, 6.45) is 0. The molecule has 6 heteroatoms. The molecule has 0 aliphatic rings. The Kier molecular flexibility index (Phi) is 3.98. The van der Waals surface area contributed by atoms with Gasteiger partial charge in [-0.25, -0.2) is 8.78 Å². The summed E-state index contributed by atoms with van der Waals surface area (Å²) in [5, 5.41) is 11.7. The number of anilines is 1. The Morgan fingerprint density at radius 1 is 1.16 bits per heavy atom. The molecular formula is C13H8F2INO2. The molecule has 0 aromatic heterocycles. The van der Waals surface area contributed by atoms with Crippen LogP contribution in [-0.2, 0) is 0 Å². The Bertz CT molecular complexity index is 647. The van der Waals surface area contributed by atoms with Gasteiger partial charge in [0.15, 0.2) is 0 Å². The van der Waals surface area contributed by atoms with Crippen LogP contribution >= 0.6 is 22.6 Å². The molecule has 19 heavy (non-hydrogen) atoms. The normalized spacial score (nSPS) is 10.3. The SMILES string of the molecule is O=C(Nc1cc(F)ccc1F)c1ccc(I)c(O)c1. The highest BCUT2D eigenvalue weighted by Gasteiger charge is 2.11. The number of hydrogen-bond donors (Lipinski definition) is 2. The van der Waals surface area contributed by atoms with Crippen molar-refractivity contribution in [1.82, 2.24) is 0 Å². The van der Waals surface area contributed by atoms with Gasteiger partial charge in [-0.05, 0) is 52.9 Å². The van der Waals surface area contributed by atoms with E-state index in [-0.39, 0.29) is 17.0 Å². The van der Waals surface area contributed by atoms with Crippen LogP contribution in [-0.4, -0.2) is 11.0 Å². The van der Waals surface area contributed by atoms with Crippen molar-refractivity contribution in [3.63, 3.8) is 0 Å². The molecule has 0 saturated carbocycles. The number of carbonyl (C=O) groups excluding carboxylic acids is 1. The third kappa shape index (κ3) is 3.19. The molecule has 0 heterocycles. The lowest BCUT2D eigenvalue weighted by molar-refractivity contribution is 0.102. The van der Waals surface area contributed by atoms with E-state index in [2.05, 4.69) is 5.32 Å². The van der Waals surface area contributed by atoms with E-state index in [9.17, 15) is 18.7 Å². The third-order valence-corrected chi connectivity index (χ3v) is 3.30. The van der Waals surface area contributed by atoms with Crippen molar-refractivity contribution in [2.75, 3.05) is 5.32 Å². The van der Waals surface area contributed by atoms with Crippen LogP contribution in [0.15, 0.2) is 36.4 Å². The molecular weight excluding hydrogens is 367 g/mol. The van der Waals surface area contributed by atoms with Gasteiger partial charge in [0.1, 0.15) is 17.4 Å². The number of phenolic OH excluding ortho intramolecular Hbond substituents is 1. The number of hydrogen-bond acceptors (Lipinski definition) is 2. The first-order valence-electron chi connectivity index (χ1n) is 5.22. The molecule has 3 nitrogen and oxygen atoms in total. The predicted molar refractivity (Wildman–Crippen MR) is 75.1 cm³/mol. The van der Waals surface area contributed by atoms with E-state index < -0.39 is 17.5 Å². The molecule has 0 aliphatic heterocycles. The number of rotatable bonds is 2. The summed E-state index contributed by atoms with van der Waals surface area (Å²) < 4.78 is 26.9. The Hall–Kier alpha value is -1.70. The Labute approximate surface area is 121 Å². The molecule has 2 aromatic carbocycles. The third-order valence-electron chi connectivity index (χ3n) is 2.38. The molecule has 0 aliphatic carbocycles. The predicted octanol–water partition coefficient (Wildman–Crippen LogP) is 3.53. The van der Waals surface area contributed by atoms with Crippen LogP contribution in [0.4, 0.5) is 14.5 Å². The second kappa shape index (κ2) is 5.52. The summed E-state index contributed by atoms with van der Waals surface area (Å²) in [7, 11) is 0. The number of phenols is 1. The Morgan fingerprint density at radius 3 is 2.58 bits per heavy atom. The molecule has 0 unspecified atom stereocenters. The summed E-state index contributed by atoms with van der Waals surface area (Å²) in [5.41, 5.74) is -0.0929. The highest BCUT2D eigenvalue weighted by Crippen LogP contribution is 2.22. The molecule has 0 spiro atoms. The van der Waals surface area contributed by atoms with Gasteiger partial charge in [0.2, 0.25) is 0 Å². The summed E-state index contributed by atoms with van der Waals surface area (Å²) in [6.45, 7) is 0. The van der Waals surface area contributed by atoms with Crippen LogP contribution in [0.2, 0.25) is 0 Å². The monoisotopic (exact) mass is 375 g/mol. The maximum Gasteiger partial charge on any atom is 0.255 e. The first-order chi connectivity index (χ1) is 8.97. The first-order valence-corrected chi connectivity index (χ1v) is 6.30. The number of nitrogens with one attached hydrogen (secondary N) is 1. The minimum absolute atomic E-state index is 0.0482. The fraction of sp³-hybridized carbons (Fsp3) is 0. The zero-order valence-corrected chi connectivity index (χ0v) is 11.6. The Balaban J connectivity index is 2.25. The van der Waals surface area contributed by atoms with Gasteiger partial charge in [0, 0.05) is 11.6 Å². The molecule has 0 atom stereocenters. The summed E-state index contributed by atoms with van der Waals surface area (Å²) in [4.78, 5) is 11.8. The molecule has 2 rings (SSSR count). The topological polar surface area (TPSA) is 49.3 Å². The molecule has 0 radical (unpaired) electrons. The van der Waals surface area contributed by atoms with E-state index in [0.29, 0.717) is 3.57 Å². The van der Waals surface area contributed by atoms with E-state index in [1.54, 1.807) is 6.07 Å². The minimum atomic E-state index is -0.732. The quantitative estimate of drug-likeness (QED) is 0.790. The number of amides is 1. The van der Waals surface area contributed by atoms with E-state index in [1.165, 1.54) is 12.1 Å². The number of carbonyl (C=O) groups is 1. The van der Waals surface area contributed by atoms with Crippen molar-refractivity contribution in [3.8, 4) is 5.75 Å². The van der Waals surface area contributed by atoms with Gasteiger partial charge in [0.25, 0.3) is 5.91 Å². The molecule has 1 amide bonds. The molecule has 2 aromatic rings. The van der Waals surface area contributed by atoms with Crippen molar-refractivity contribution < 1.29 is 18.7 Å². The summed E-state index contributed by atoms with van der Waals surface area (Å²) in [6, 6.07) is 7.06. The van der Waals surface area contributed by atoms with Crippen LogP contribution < -0.4 is 5.32 Å². The lowest BCUT2D eigenvalue weighted by Gasteiger charge is -2.07. The second-order valence-electron chi connectivity index (χ2n) is 3.74.